The number of hydrogen-bond acceptors (Lipinski definition) is 9. The first-order valence-electron chi connectivity index (χ1n) is 10.3. The van der Waals surface area contributed by atoms with E-state index in [-0.39, 0.29) is 17.5 Å². The molecule has 0 spiro atoms. The molecule has 0 radical (unpaired) electrons. The molecule has 0 saturated heterocycles. The van der Waals surface area contributed by atoms with Crippen molar-refractivity contribution in [2.24, 2.45) is 0 Å². The summed E-state index contributed by atoms with van der Waals surface area (Å²) in [4.78, 5) is 30.6. The molecule has 0 N–H and O–H groups in total. The summed E-state index contributed by atoms with van der Waals surface area (Å²) in [6.07, 6.45) is -0.910. The Bertz CT molecular complexity index is 1270. The molecule has 1 amide bonds. The van der Waals surface area contributed by atoms with Gasteiger partial charge in [0, 0.05) is 25.0 Å². The first-order chi connectivity index (χ1) is 16.3. The minimum Gasteiger partial charge on any atom is -0.493 e. The number of nitrogens with zero attached hydrogens (tertiary/aromatic N) is 4. The highest BCUT2D eigenvalue weighted by Crippen LogP contribution is 2.46. The van der Waals surface area contributed by atoms with Crippen LogP contribution in [0, 0.1) is 0 Å². The molecule has 1 aromatic heterocycles. The smallest absolute Gasteiger partial charge is 0.308 e. The molecular weight excluding hydrogens is 524 g/mol. The van der Waals surface area contributed by atoms with Crippen LogP contribution in [-0.2, 0) is 9.59 Å². The van der Waals surface area contributed by atoms with E-state index in [0.29, 0.717) is 37.9 Å². The number of fused-ring (bicyclic) bond motifs is 3. The van der Waals surface area contributed by atoms with Crippen LogP contribution < -0.4 is 19.1 Å². The molecule has 0 saturated carbocycles. The van der Waals surface area contributed by atoms with E-state index in [0.717, 1.165) is 5.75 Å². The van der Waals surface area contributed by atoms with Crippen LogP contribution in [-0.4, -0.2) is 39.9 Å². The Hall–Kier alpha value is -3.18. The number of halogens is 1. The lowest BCUT2D eigenvalue weighted by molar-refractivity contribution is -0.132. The molecule has 1 aliphatic heterocycles. The van der Waals surface area contributed by atoms with E-state index >= 15 is 0 Å². The van der Waals surface area contributed by atoms with Gasteiger partial charge in [0.2, 0.25) is 23.2 Å². The maximum Gasteiger partial charge on any atom is 0.308 e. The predicted molar refractivity (Wildman–Crippen MR) is 130 cm³/mol. The van der Waals surface area contributed by atoms with Crippen LogP contribution in [0.1, 0.15) is 32.6 Å². The predicted octanol–water partition coefficient (Wildman–Crippen LogP) is 4.79. The van der Waals surface area contributed by atoms with Crippen molar-refractivity contribution in [1.82, 2.24) is 15.2 Å². The Balaban J connectivity index is 1.93. The SMILES string of the molecule is CCSc1nnc2c(n1)O[C@@H](c1cc(Br)c(OC(C)=O)c(OC)c1)N(C(C)=O)c1ccccc1-2. The third-order valence-corrected chi connectivity index (χ3v) is 6.22. The fraction of sp³-hybridized carbons (Fsp3) is 0.261. The molecule has 2 aromatic carbocycles. The molecule has 0 aliphatic carbocycles. The van der Waals surface area contributed by atoms with E-state index in [2.05, 4.69) is 31.1 Å². The zero-order valence-electron chi connectivity index (χ0n) is 18.9. The number of amides is 1. The summed E-state index contributed by atoms with van der Waals surface area (Å²) in [7, 11) is 1.46. The Kier molecular flexibility index (Phi) is 7.03. The zero-order chi connectivity index (χ0) is 24.4. The molecule has 34 heavy (non-hydrogen) atoms. The van der Waals surface area contributed by atoms with Gasteiger partial charge in [0.05, 0.1) is 17.3 Å². The largest absolute Gasteiger partial charge is 0.493 e. The molecule has 11 heteroatoms. The maximum absolute atomic E-state index is 12.9. The molecule has 3 aromatic rings. The maximum atomic E-state index is 12.9. The quantitative estimate of drug-likeness (QED) is 0.254. The van der Waals surface area contributed by atoms with Gasteiger partial charge < -0.3 is 14.2 Å². The van der Waals surface area contributed by atoms with Crippen LogP contribution in [0.4, 0.5) is 5.69 Å². The van der Waals surface area contributed by atoms with Gasteiger partial charge in [-0.05, 0) is 39.9 Å². The van der Waals surface area contributed by atoms with Crippen molar-refractivity contribution >= 4 is 45.3 Å². The van der Waals surface area contributed by atoms with Crippen molar-refractivity contribution in [3.05, 3.63) is 46.4 Å². The average Bonchev–Trinajstić information content (AvgIpc) is 2.94. The summed E-state index contributed by atoms with van der Waals surface area (Å²) in [6, 6.07) is 10.7. The average molecular weight is 545 g/mol. The standard InChI is InChI=1S/C23H21BrN4O5S/c1-5-34-23-25-21-19(26-27-23)15-8-6-7-9-17(15)28(12(2)29)22(33-21)14-10-16(24)20(32-13(3)30)18(11-14)31-4/h6-11,22H,5H2,1-4H3/t22-/m0/s1. The first-order valence-corrected chi connectivity index (χ1v) is 12.1. The minimum absolute atomic E-state index is 0.230. The van der Waals surface area contributed by atoms with Gasteiger partial charge in [0.1, 0.15) is 0 Å². The third kappa shape index (κ3) is 4.58. The van der Waals surface area contributed by atoms with Gasteiger partial charge >= 0.3 is 5.97 Å². The number of anilines is 1. The fourth-order valence-electron chi connectivity index (χ4n) is 3.58. The van der Waals surface area contributed by atoms with Crippen molar-refractivity contribution in [2.75, 3.05) is 17.8 Å². The van der Waals surface area contributed by atoms with Gasteiger partial charge in [-0.1, -0.05) is 36.9 Å². The second-order valence-electron chi connectivity index (χ2n) is 7.19. The third-order valence-electron chi connectivity index (χ3n) is 4.91. The number of ether oxygens (including phenoxy) is 3. The van der Waals surface area contributed by atoms with E-state index in [1.807, 2.05) is 31.2 Å². The van der Waals surface area contributed by atoms with Gasteiger partial charge in [-0.25, -0.2) is 0 Å². The van der Waals surface area contributed by atoms with Crippen molar-refractivity contribution in [3.63, 3.8) is 0 Å². The molecule has 0 fully saturated rings. The van der Waals surface area contributed by atoms with Gasteiger partial charge in [0.15, 0.2) is 17.2 Å². The number of carbonyl (C=O) groups is 2. The lowest BCUT2D eigenvalue weighted by atomic mass is 10.1. The summed E-state index contributed by atoms with van der Waals surface area (Å²) in [5.41, 5.74) is 2.28. The topological polar surface area (TPSA) is 104 Å². The van der Waals surface area contributed by atoms with Gasteiger partial charge in [0.25, 0.3) is 0 Å². The van der Waals surface area contributed by atoms with Crippen LogP contribution >= 0.6 is 27.7 Å². The van der Waals surface area contributed by atoms with E-state index in [1.165, 1.54) is 37.6 Å². The summed E-state index contributed by atoms with van der Waals surface area (Å²) < 4.78 is 17.6. The highest BCUT2D eigenvalue weighted by atomic mass is 79.9. The second-order valence-corrected chi connectivity index (χ2v) is 9.27. The van der Waals surface area contributed by atoms with Gasteiger partial charge in [-0.3, -0.25) is 14.5 Å². The molecule has 4 rings (SSSR count). The normalized spacial score (nSPS) is 14.4. The molecule has 1 aliphatic rings. The van der Waals surface area contributed by atoms with Crippen molar-refractivity contribution in [1.29, 1.82) is 0 Å². The summed E-state index contributed by atoms with van der Waals surface area (Å²) in [5.74, 6) is 0.809. The van der Waals surface area contributed by atoms with Crippen LogP contribution in [0.2, 0.25) is 0 Å². The lowest BCUT2D eigenvalue weighted by Crippen LogP contribution is -2.36. The lowest BCUT2D eigenvalue weighted by Gasteiger charge is -2.30. The van der Waals surface area contributed by atoms with E-state index in [9.17, 15) is 9.59 Å². The number of para-hydroxylation sites is 1. The van der Waals surface area contributed by atoms with E-state index in [4.69, 9.17) is 14.2 Å². The second kappa shape index (κ2) is 9.98. The number of thioether (sulfide) groups is 1. The van der Waals surface area contributed by atoms with E-state index in [1.54, 1.807) is 12.1 Å². The first kappa shape index (κ1) is 24.0. The van der Waals surface area contributed by atoms with E-state index < -0.39 is 12.2 Å². The Morgan fingerprint density at radius 1 is 1.21 bits per heavy atom. The fourth-order valence-corrected chi connectivity index (χ4v) is 4.63. The highest BCUT2D eigenvalue weighted by Gasteiger charge is 2.35. The number of aromatic nitrogens is 3. The number of rotatable bonds is 5. The molecule has 1 atom stereocenters. The molecule has 2 heterocycles. The minimum atomic E-state index is -0.910. The molecule has 0 bridgehead atoms. The monoisotopic (exact) mass is 544 g/mol. The van der Waals surface area contributed by atoms with Crippen molar-refractivity contribution in [2.45, 2.75) is 32.2 Å². The molecule has 176 valence electrons. The Morgan fingerprint density at radius 3 is 2.65 bits per heavy atom. The summed E-state index contributed by atoms with van der Waals surface area (Å²) in [5, 5.41) is 9.05. The van der Waals surface area contributed by atoms with Gasteiger partial charge in [-0.2, -0.15) is 4.98 Å². The van der Waals surface area contributed by atoms with Gasteiger partial charge in [-0.15, -0.1) is 10.2 Å². The summed E-state index contributed by atoms with van der Waals surface area (Å²) in [6.45, 7) is 4.75. The zero-order valence-corrected chi connectivity index (χ0v) is 21.3. The summed E-state index contributed by atoms with van der Waals surface area (Å²) >= 11 is 4.88. The Labute approximate surface area is 209 Å². The number of esters is 1. The van der Waals surface area contributed by atoms with Crippen LogP contribution in [0.3, 0.4) is 0 Å². The van der Waals surface area contributed by atoms with Crippen LogP contribution in [0.5, 0.6) is 17.4 Å². The number of benzene rings is 2. The number of hydrogen-bond donors (Lipinski definition) is 0. The Morgan fingerprint density at radius 2 is 1.97 bits per heavy atom. The van der Waals surface area contributed by atoms with Crippen LogP contribution in [0.25, 0.3) is 11.3 Å². The molecule has 0 unspecified atom stereocenters. The number of methoxy groups -OCH3 is 1. The highest BCUT2D eigenvalue weighted by molar-refractivity contribution is 9.10. The molecular formula is C23H21BrN4O5S. The van der Waals surface area contributed by atoms with Crippen molar-refractivity contribution < 1.29 is 23.8 Å². The molecule has 9 nitrogen and oxygen atoms in total. The van der Waals surface area contributed by atoms with Crippen molar-refractivity contribution in [3.8, 4) is 28.6 Å². The number of carbonyl (C=O) groups excluding carboxylic acids is 2. The van der Waals surface area contributed by atoms with Crippen LogP contribution in [0.15, 0.2) is 46.0 Å².